The van der Waals surface area contributed by atoms with Gasteiger partial charge in [0.25, 0.3) is 0 Å². The summed E-state index contributed by atoms with van der Waals surface area (Å²) in [5, 5.41) is 2.99. The Hall–Kier alpha value is -2.60. The van der Waals surface area contributed by atoms with Crippen molar-refractivity contribution in [2.75, 3.05) is 11.5 Å². The Bertz CT molecular complexity index is 882. The molecule has 27 heavy (non-hydrogen) atoms. The molecule has 0 aliphatic carbocycles. The van der Waals surface area contributed by atoms with E-state index >= 15 is 0 Å². The Morgan fingerprint density at radius 2 is 2.04 bits per heavy atom. The van der Waals surface area contributed by atoms with Gasteiger partial charge in [-0.3, -0.25) is 4.79 Å². The minimum absolute atomic E-state index is 0.0923. The number of rotatable bonds is 8. The lowest BCUT2D eigenvalue weighted by atomic mass is 10.1. The molecule has 3 aromatic rings. The van der Waals surface area contributed by atoms with Gasteiger partial charge in [-0.15, -0.1) is 0 Å². The van der Waals surface area contributed by atoms with Crippen LogP contribution in [0, 0.1) is 5.82 Å². The van der Waals surface area contributed by atoms with Crippen LogP contribution < -0.4 is 5.32 Å². The monoisotopic (exact) mass is 383 g/mol. The van der Waals surface area contributed by atoms with Gasteiger partial charge in [0.1, 0.15) is 17.7 Å². The van der Waals surface area contributed by atoms with E-state index in [1.807, 2.05) is 36.0 Å². The Morgan fingerprint density at radius 1 is 1.22 bits per heavy atom. The van der Waals surface area contributed by atoms with Crippen molar-refractivity contribution in [3.63, 3.8) is 0 Å². The van der Waals surface area contributed by atoms with Crippen LogP contribution in [0.4, 0.5) is 4.39 Å². The lowest BCUT2D eigenvalue weighted by Gasteiger charge is -2.19. The zero-order valence-electron chi connectivity index (χ0n) is 15.1. The predicted octanol–water partition coefficient (Wildman–Crippen LogP) is 3.74. The molecule has 0 spiro atoms. The van der Waals surface area contributed by atoms with Crippen molar-refractivity contribution in [2.24, 2.45) is 7.05 Å². The molecule has 4 nitrogen and oxygen atoms in total. The molecule has 0 aliphatic rings. The summed E-state index contributed by atoms with van der Waals surface area (Å²) < 4.78 is 15.5. The molecule has 0 radical (unpaired) electrons. The first-order valence-electron chi connectivity index (χ1n) is 8.77. The zero-order valence-corrected chi connectivity index (χ0v) is 16.0. The van der Waals surface area contributed by atoms with Crippen molar-refractivity contribution >= 4 is 17.7 Å². The summed E-state index contributed by atoms with van der Waals surface area (Å²) in [6.45, 7) is 0. The van der Waals surface area contributed by atoms with Gasteiger partial charge in [0, 0.05) is 19.4 Å². The van der Waals surface area contributed by atoms with Crippen LogP contribution in [0.2, 0.25) is 0 Å². The Kier molecular flexibility index (Phi) is 6.65. The predicted molar refractivity (Wildman–Crippen MR) is 107 cm³/mol. The van der Waals surface area contributed by atoms with Crippen molar-refractivity contribution in [1.82, 2.24) is 14.9 Å². The summed E-state index contributed by atoms with van der Waals surface area (Å²) >= 11 is 1.58. The third kappa shape index (κ3) is 5.44. The maximum Gasteiger partial charge on any atom is 0.230 e. The number of amides is 1. The fraction of sp³-hybridized carbons (Fsp3) is 0.238. The number of nitrogens with one attached hydrogen (secondary N) is 1. The minimum Gasteiger partial charge on any atom is -0.341 e. The number of imidazole rings is 1. The van der Waals surface area contributed by atoms with Crippen LogP contribution >= 0.6 is 11.8 Å². The molecule has 1 atom stereocenters. The van der Waals surface area contributed by atoms with Crippen molar-refractivity contribution in [3.8, 4) is 0 Å². The molecule has 1 heterocycles. The number of hydrogen-bond acceptors (Lipinski definition) is 3. The van der Waals surface area contributed by atoms with Gasteiger partial charge in [-0.2, -0.15) is 11.8 Å². The number of aromatic nitrogens is 2. The average molecular weight is 383 g/mol. The SMILES string of the molecule is Cn1ccnc1C(NC(=O)CSCCc1ccccc1)c1cccc(F)c1. The Morgan fingerprint density at radius 3 is 2.74 bits per heavy atom. The number of aryl methyl sites for hydroxylation is 2. The van der Waals surface area contributed by atoms with Crippen LogP contribution in [-0.2, 0) is 18.3 Å². The van der Waals surface area contributed by atoms with Crippen molar-refractivity contribution < 1.29 is 9.18 Å². The molecule has 1 amide bonds. The van der Waals surface area contributed by atoms with Crippen LogP contribution in [-0.4, -0.2) is 27.0 Å². The van der Waals surface area contributed by atoms with Gasteiger partial charge in [-0.1, -0.05) is 42.5 Å². The van der Waals surface area contributed by atoms with Gasteiger partial charge in [0.15, 0.2) is 0 Å². The van der Waals surface area contributed by atoms with E-state index in [9.17, 15) is 9.18 Å². The van der Waals surface area contributed by atoms with Crippen molar-refractivity contribution in [3.05, 3.63) is 89.8 Å². The number of carbonyl (C=O) groups excluding carboxylic acids is 1. The van der Waals surface area contributed by atoms with Crippen molar-refractivity contribution in [2.45, 2.75) is 12.5 Å². The molecule has 0 fully saturated rings. The van der Waals surface area contributed by atoms with Gasteiger partial charge >= 0.3 is 0 Å². The van der Waals surface area contributed by atoms with Crippen LogP contribution in [0.5, 0.6) is 0 Å². The molecule has 1 N–H and O–H groups in total. The van der Waals surface area contributed by atoms with E-state index in [1.54, 1.807) is 30.1 Å². The largest absolute Gasteiger partial charge is 0.341 e. The topological polar surface area (TPSA) is 46.9 Å². The number of carbonyl (C=O) groups is 1. The fourth-order valence-corrected chi connectivity index (χ4v) is 3.63. The van der Waals surface area contributed by atoms with E-state index in [4.69, 9.17) is 0 Å². The third-order valence-corrected chi connectivity index (χ3v) is 5.17. The number of halogens is 1. The van der Waals surface area contributed by atoms with E-state index in [-0.39, 0.29) is 11.7 Å². The molecule has 0 saturated heterocycles. The molecule has 0 saturated carbocycles. The summed E-state index contributed by atoms with van der Waals surface area (Å²) in [6, 6.07) is 16.0. The molecule has 1 aromatic heterocycles. The summed E-state index contributed by atoms with van der Waals surface area (Å²) in [5.41, 5.74) is 1.93. The lowest BCUT2D eigenvalue weighted by Crippen LogP contribution is -2.32. The van der Waals surface area contributed by atoms with E-state index in [1.165, 1.54) is 17.7 Å². The second kappa shape index (κ2) is 9.37. The molecule has 6 heteroatoms. The van der Waals surface area contributed by atoms with Crippen molar-refractivity contribution in [1.29, 1.82) is 0 Å². The summed E-state index contributed by atoms with van der Waals surface area (Å²) in [7, 11) is 1.86. The summed E-state index contributed by atoms with van der Waals surface area (Å²) in [5.74, 6) is 1.46. The van der Waals surface area contributed by atoms with Gasteiger partial charge < -0.3 is 9.88 Å². The minimum atomic E-state index is -0.483. The average Bonchev–Trinajstić information content (AvgIpc) is 3.10. The molecule has 2 aromatic carbocycles. The summed E-state index contributed by atoms with van der Waals surface area (Å²) in [4.78, 5) is 16.8. The van der Waals surface area contributed by atoms with Crippen LogP contribution in [0.25, 0.3) is 0 Å². The van der Waals surface area contributed by atoms with E-state index in [2.05, 4.69) is 22.4 Å². The molecule has 3 rings (SSSR count). The highest BCUT2D eigenvalue weighted by atomic mass is 32.2. The van der Waals surface area contributed by atoms with Crippen LogP contribution in [0.15, 0.2) is 67.0 Å². The smallest absolute Gasteiger partial charge is 0.230 e. The highest BCUT2D eigenvalue weighted by Gasteiger charge is 2.21. The van der Waals surface area contributed by atoms with Gasteiger partial charge in [0.05, 0.1) is 5.75 Å². The molecule has 0 bridgehead atoms. The molecule has 1 unspecified atom stereocenters. The van der Waals surface area contributed by atoms with Crippen LogP contribution in [0.1, 0.15) is 23.0 Å². The number of nitrogens with zero attached hydrogens (tertiary/aromatic N) is 2. The summed E-state index contributed by atoms with van der Waals surface area (Å²) in [6.07, 6.45) is 4.40. The van der Waals surface area contributed by atoms with Gasteiger partial charge in [0.2, 0.25) is 5.91 Å². The van der Waals surface area contributed by atoms with E-state index in [0.717, 1.165) is 12.2 Å². The van der Waals surface area contributed by atoms with Gasteiger partial charge in [-0.05, 0) is 35.4 Å². The second-order valence-electron chi connectivity index (χ2n) is 6.24. The van der Waals surface area contributed by atoms with Gasteiger partial charge in [-0.25, -0.2) is 9.37 Å². The number of benzene rings is 2. The maximum atomic E-state index is 13.7. The first kappa shape index (κ1) is 19.2. The molecule has 0 aliphatic heterocycles. The standard InChI is InChI=1S/C21H22FN3OS/c1-25-12-11-23-21(25)20(17-8-5-9-18(22)14-17)24-19(26)15-27-13-10-16-6-3-2-4-7-16/h2-9,11-12,14,20H,10,13,15H2,1H3,(H,24,26). The fourth-order valence-electron chi connectivity index (χ4n) is 2.84. The molecular formula is C21H22FN3OS. The highest BCUT2D eigenvalue weighted by Crippen LogP contribution is 2.21. The third-order valence-electron chi connectivity index (χ3n) is 4.22. The second-order valence-corrected chi connectivity index (χ2v) is 7.35. The lowest BCUT2D eigenvalue weighted by molar-refractivity contribution is -0.119. The highest BCUT2D eigenvalue weighted by molar-refractivity contribution is 7.99. The number of thioether (sulfide) groups is 1. The van der Waals surface area contributed by atoms with Crippen LogP contribution in [0.3, 0.4) is 0 Å². The molecule has 140 valence electrons. The first-order valence-corrected chi connectivity index (χ1v) is 9.92. The Balaban J connectivity index is 1.60. The maximum absolute atomic E-state index is 13.7. The Labute approximate surface area is 162 Å². The van der Waals surface area contributed by atoms with E-state index in [0.29, 0.717) is 17.1 Å². The first-order chi connectivity index (χ1) is 13.1. The zero-order chi connectivity index (χ0) is 19.1. The van der Waals surface area contributed by atoms with E-state index < -0.39 is 6.04 Å². The number of hydrogen-bond donors (Lipinski definition) is 1. The molecular weight excluding hydrogens is 361 g/mol. The normalized spacial score (nSPS) is 11.9. The quantitative estimate of drug-likeness (QED) is 0.603.